The van der Waals surface area contributed by atoms with Gasteiger partial charge in [-0.2, -0.15) is 0 Å². The first-order chi connectivity index (χ1) is 4.54. The van der Waals surface area contributed by atoms with Crippen molar-refractivity contribution in [1.82, 2.24) is 0 Å². The van der Waals surface area contributed by atoms with Gasteiger partial charge in [0, 0.05) is 11.9 Å². The molecule has 0 aliphatic carbocycles. The first-order valence-corrected chi connectivity index (χ1v) is 6.77. The maximum atomic E-state index is 13.0. The fourth-order valence-corrected chi connectivity index (χ4v) is 2.02. The minimum atomic E-state index is -2.20. The molecule has 0 heterocycles. The van der Waals surface area contributed by atoms with E-state index in [9.17, 15) is 4.39 Å². The van der Waals surface area contributed by atoms with Crippen LogP contribution >= 0.6 is 11.9 Å². The lowest BCUT2D eigenvalue weighted by Gasteiger charge is -2.21. The fraction of sp³-hybridized carbons (Fsp3) is 1.00. The van der Waals surface area contributed by atoms with Gasteiger partial charge in [-0.25, -0.2) is 4.39 Å². The second-order valence-corrected chi connectivity index (χ2v) is 7.39. The molecule has 0 aliphatic heterocycles. The third kappa shape index (κ3) is 2.99. The van der Waals surface area contributed by atoms with Gasteiger partial charge in [-0.3, -0.25) is 0 Å². The van der Waals surface area contributed by atoms with Gasteiger partial charge < -0.3 is 3.98 Å². The Morgan fingerprint density at radius 2 is 2.10 bits per heavy atom. The van der Waals surface area contributed by atoms with Crippen LogP contribution in [0.25, 0.3) is 0 Å². The van der Waals surface area contributed by atoms with Crippen LogP contribution in [-0.4, -0.2) is 14.1 Å². The third-order valence-corrected chi connectivity index (χ3v) is 4.88. The first kappa shape index (κ1) is 10.4. The van der Waals surface area contributed by atoms with E-state index in [-0.39, 0.29) is 0 Å². The highest BCUT2D eigenvalue weighted by molar-refractivity contribution is 6.75. The predicted molar refractivity (Wildman–Crippen MR) is 44.2 cm³/mol. The van der Waals surface area contributed by atoms with Crippen LogP contribution in [0.4, 0.5) is 4.39 Å². The average molecular weight is 185 g/mol. The van der Waals surface area contributed by atoms with Crippen LogP contribution < -0.4 is 0 Å². The quantitative estimate of drug-likeness (QED) is 0.611. The Hall–Kier alpha value is 0.397. The van der Waals surface area contributed by atoms with Crippen molar-refractivity contribution in [3.05, 3.63) is 0 Å². The topological polar surface area (TPSA) is 9.23 Å². The summed E-state index contributed by atoms with van der Waals surface area (Å²) >= 11 is 5.15. The Morgan fingerprint density at radius 3 is 2.40 bits per heavy atom. The van der Waals surface area contributed by atoms with Gasteiger partial charge in [-0.15, -0.1) is 0 Å². The summed E-state index contributed by atoms with van der Waals surface area (Å²) in [6.45, 7) is 5.51. The molecule has 0 radical (unpaired) electrons. The standard InChI is InChI=1S/C6H14ClFOSi/c1-4-5-6(8)10(2,3)9-7/h6H,4-5H2,1-3H3. The highest BCUT2D eigenvalue weighted by atomic mass is 35.5. The Kier molecular flexibility index (Phi) is 4.48. The Labute approximate surface area is 67.8 Å². The van der Waals surface area contributed by atoms with E-state index in [1.165, 1.54) is 0 Å². The van der Waals surface area contributed by atoms with E-state index < -0.39 is 14.1 Å². The maximum Gasteiger partial charge on any atom is 0.248 e. The lowest BCUT2D eigenvalue weighted by molar-refractivity contribution is 0.365. The zero-order valence-electron chi connectivity index (χ0n) is 6.66. The molecule has 1 atom stereocenters. The second kappa shape index (κ2) is 4.31. The minimum absolute atomic E-state index is 0.561. The van der Waals surface area contributed by atoms with Crippen molar-refractivity contribution >= 4 is 20.2 Å². The molecule has 0 amide bonds. The summed E-state index contributed by atoms with van der Waals surface area (Å²) in [5, 5.41) is 0. The SMILES string of the molecule is CCCC(F)[Si](C)(C)OCl. The molecule has 0 aromatic rings. The normalized spacial score (nSPS) is 15.3. The van der Waals surface area contributed by atoms with Gasteiger partial charge in [0.05, 0.1) is 0 Å². The number of halogens is 2. The van der Waals surface area contributed by atoms with E-state index >= 15 is 0 Å². The molecule has 0 spiro atoms. The van der Waals surface area contributed by atoms with Crippen molar-refractivity contribution in [1.29, 1.82) is 0 Å². The number of hydrogen-bond acceptors (Lipinski definition) is 1. The van der Waals surface area contributed by atoms with Crippen molar-refractivity contribution in [2.75, 3.05) is 0 Å². The molecule has 0 saturated heterocycles. The fourth-order valence-electron chi connectivity index (χ4n) is 0.649. The van der Waals surface area contributed by atoms with Gasteiger partial charge in [-0.05, 0) is 19.5 Å². The summed E-state index contributed by atoms with van der Waals surface area (Å²) < 4.78 is 17.6. The average Bonchev–Trinajstić information content (AvgIpc) is 1.89. The monoisotopic (exact) mass is 184 g/mol. The summed E-state index contributed by atoms with van der Waals surface area (Å²) in [4.78, 5) is 0. The van der Waals surface area contributed by atoms with Crippen molar-refractivity contribution < 1.29 is 8.37 Å². The summed E-state index contributed by atoms with van der Waals surface area (Å²) in [5.74, 6) is -0.838. The van der Waals surface area contributed by atoms with E-state index in [0.29, 0.717) is 6.42 Å². The molecule has 0 bridgehead atoms. The van der Waals surface area contributed by atoms with Crippen LogP contribution in [0, 0.1) is 0 Å². The maximum absolute atomic E-state index is 13.0. The summed E-state index contributed by atoms with van der Waals surface area (Å²) in [6.07, 6.45) is 1.41. The van der Waals surface area contributed by atoms with E-state index in [2.05, 4.69) is 3.98 Å². The molecule has 4 heteroatoms. The molecule has 10 heavy (non-hydrogen) atoms. The van der Waals surface area contributed by atoms with Crippen LogP contribution in [0.2, 0.25) is 13.1 Å². The second-order valence-electron chi connectivity index (χ2n) is 2.94. The van der Waals surface area contributed by atoms with E-state index in [0.717, 1.165) is 6.42 Å². The third-order valence-electron chi connectivity index (χ3n) is 1.50. The van der Waals surface area contributed by atoms with Gasteiger partial charge in [0.25, 0.3) is 0 Å². The van der Waals surface area contributed by atoms with E-state index in [1.807, 2.05) is 6.92 Å². The summed E-state index contributed by atoms with van der Waals surface area (Å²) in [5.41, 5.74) is 0. The molecule has 62 valence electrons. The molecule has 1 nitrogen and oxygen atoms in total. The van der Waals surface area contributed by atoms with Crippen molar-refractivity contribution in [2.45, 2.75) is 38.7 Å². The number of rotatable bonds is 4. The molecule has 0 aromatic carbocycles. The van der Waals surface area contributed by atoms with Crippen LogP contribution in [0.5, 0.6) is 0 Å². The highest BCUT2D eigenvalue weighted by Crippen LogP contribution is 2.19. The first-order valence-electron chi connectivity index (χ1n) is 3.48. The molecule has 0 fully saturated rings. The van der Waals surface area contributed by atoms with Gasteiger partial charge in [0.2, 0.25) is 8.32 Å². The molecule has 0 aromatic heterocycles. The minimum Gasteiger partial charge on any atom is -0.322 e. The molecular weight excluding hydrogens is 171 g/mol. The van der Waals surface area contributed by atoms with Crippen molar-refractivity contribution in [2.24, 2.45) is 0 Å². The molecule has 0 rings (SSSR count). The largest absolute Gasteiger partial charge is 0.322 e. The highest BCUT2D eigenvalue weighted by Gasteiger charge is 2.33. The van der Waals surface area contributed by atoms with Gasteiger partial charge >= 0.3 is 0 Å². The Morgan fingerprint density at radius 1 is 1.60 bits per heavy atom. The number of alkyl halides is 1. The van der Waals surface area contributed by atoms with Gasteiger partial charge in [-0.1, -0.05) is 13.3 Å². The Balaban J connectivity index is 3.78. The summed E-state index contributed by atoms with van der Waals surface area (Å²) in [6, 6.07) is 0. The van der Waals surface area contributed by atoms with Crippen molar-refractivity contribution in [3.63, 3.8) is 0 Å². The Bertz CT molecular complexity index is 99.7. The lowest BCUT2D eigenvalue weighted by atomic mass is 10.4. The molecule has 0 N–H and O–H groups in total. The molecular formula is C6H14ClFOSi. The zero-order valence-corrected chi connectivity index (χ0v) is 8.41. The zero-order chi connectivity index (χ0) is 8.20. The van der Waals surface area contributed by atoms with Crippen LogP contribution in [-0.2, 0) is 3.98 Å². The van der Waals surface area contributed by atoms with Crippen LogP contribution in [0.3, 0.4) is 0 Å². The van der Waals surface area contributed by atoms with E-state index in [4.69, 9.17) is 11.9 Å². The van der Waals surface area contributed by atoms with Crippen molar-refractivity contribution in [3.8, 4) is 0 Å². The van der Waals surface area contributed by atoms with Crippen LogP contribution in [0.1, 0.15) is 19.8 Å². The molecule has 0 aliphatic rings. The predicted octanol–water partition coefficient (Wildman–Crippen LogP) is 3.04. The van der Waals surface area contributed by atoms with Gasteiger partial charge in [0.1, 0.15) is 5.79 Å². The lowest BCUT2D eigenvalue weighted by Crippen LogP contribution is -2.39. The molecule has 1 unspecified atom stereocenters. The van der Waals surface area contributed by atoms with Gasteiger partial charge in [0.15, 0.2) is 0 Å². The van der Waals surface area contributed by atoms with E-state index in [1.54, 1.807) is 13.1 Å². The summed E-state index contributed by atoms with van der Waals surface area (Å²) in [7, 11) is -2.20. The molecule has 0 saturated carbocycles. The van der Waals surface area contributed by atoms with Crippen LogP contribution in [0.15, 0.2) is 0 Å². The smallest absolute Gasteiger partial charge is 0.248 e. The number of hydrogen-bond donors (Lipinski definition) is 0.